The molecule has 1 aliphatic rings. The molecular weight excluding hydrogens is 302 g/mol. The number of hydrogen-bond acceptors (Lipinski definition) is 3. The number of benzene rings is 2. The van der Waals surface area contributed by atoms with Crippen molar-refractivity contribution in [1.82, 2.24) is 5.32 Å². The summed E-state index contributed by atoms with van der Waals surface area (Å²) < 4.78 is 5.17. The third-order valence-electron chi connectivity index (χ3n) is 4.37. The molecule has 3 rings (SSSR count). The highest BCUT2D eigenvalue weighted by atomic mass is 16.5. The van der Waals surface area contributed by atoms with E-state index < -0.39 is 11.7 Å². The van der Waals surface area contributed by atoms with Crippen LogP contribution in [0.1, 0.15) is 40.4 Å². The lowest BCUT2D eigenvalue weighted by molar-refractivity contribution is -0.117. The van der Waals surface area contributed by atoms with E-state index in [9.17, 15) is 9.59 Å². The van der Waals surface area contributed by atoms with Gasteiger partial charge in [-0.2, -0.15) is 0 Å². The predicted molar refractivity (Wildman–Crippen MR) is 92.1 cm³/mol. The Morgan fingerprint density at radius 1 is 1.04 bits per heavy atom. The zero-order valence-corrected chi connectivity index (χ0v) is 13.9. The van der Waals surface area contributed by atoms with Crippen molar-refractivity contribution in [1.29, 1.82) is 0 Å². The normalized spacial score (nSPS) is 14.8. The van der Waals surface area contributed by atoms with E-state index >= 15 is 0 Å². The van der Waals surface area contributed by atoms with Gasteiger partial charge in [-0.25, -0.2) is 0 Å². The Kier molecular flexibility index (Phi) is 4.65. The minimum atomic E-state index is -0.549. The molecule has 24 heavy (non-hydrogen) atoms. The number of Topliss-reactive ketones (excluding diaryl/α,β-unsaturated/α-hetero) is 1. The summed E-state index contributed by atoms with van der Waals surface area (Å²) in [6.07, 6.45) is 2.13. The van der Waals surface area contributed by atoms with Crippen molar-refractivity contribution >= 4 is 11.7 Å². The van der Waals surface area contributed by atoms with Gasteiger partial charge in [0, 0.05) is 5.56 Å². The minimum absolute atomic E-state index is 0.127. The molecule has 1 amide bonds. The fraction of sp³-hybridized carbons (Fsp3) is 0.300. The molecule has 4 nitrogen and oxygen atoms in total. The second kappa shape index (κ2) is 6.87. The van der Waals surface area contributed by atoms with Gasteiger partial charge in [-0.1, -0.05) is 42.0 Å². The van der Waals surface area contributed by atoms with Gasteiger partial charge in [0.15, 0.2) is 0 Å². The van der Waals surface area contributed by atoms with Crippen molar-refractivity contribution < 1.29 is 14.3 Å². The van der Waals surface area contributed by atoms with Crippen LogP contribution >= 0.6 is 0 Å². The standard InChI is InChI=1S/C20H21NO3/c1-13-3-5-16(6-4-13)19(22)20(23)21-18(14-7-8-14)15-9-11-17(24-2)12-10-15/h3-6,9-12,14,18H,7-8H2,1-2H3,(H,21,23). The number of ether oxygens (including phenoxy) is 1. The summed E-state index contributed by atoms with van der Waals surface area (Å²) in [5.74, 6) is 0.129. The van der Waals surface area contributed by atoms with E-state index in [2.05, 4.69) is 5.32 Å². The van der Waals surface area contributed by atoms with E-state index in [0.29, 0.717) is 11.5 Å². The number of aryl methyl sites for hydroxylation is 1. The van der Waals surface area contributed by atoms with Crippen LogP contribution in [0.2, 0.25) is 0 Å². The van der Waals surface area contributed by atoms with Crippen molar-refractivity contribution in [3.8, 4) is 5.75 Å². The van der Waals surface area contributed by atoms with Crippen LogP contribution in [-0.2, 0) is 4.79 Å². The maximum Gasteiger partial charge on any atom is 0.292 e. The Morgan fingerprint density at radius 2 is 1.67 bits per heavy atom. The number of methoxy groups -OCH3 is 1. The lowest BCUT2D eigenvalue weighted by Crippen LogP contribution is -2.35. The van der Waals surface area contributed by atoms with E-state index in [0.717, 1.165) is 29.7 Å². The van der Waals surface area contributed by atoms with Gasteiger partial charge in [0.25, 0.3) is 5.91 Å². The van der Waals surface area contributed by atoms with Crippen molar-refractivity contribution in [2.24, 2.45) is 5.92 Å². The molecule has 1 saturated carbocycles. The second-order valence-electron chi connectivity index (χ2n) is 6.26. The van der Waals surface area contributed by atoms with E-state index in [4.69, 9.17) is 4.74 Å². The predicted octanol–water partition coefficient (Wildman–Crippen LogP) is 3.45. The molecule has 0 saturated heterocycles. The number of nitrogens with one attached hydrogen (secondary N) is 1. The molecule has 2 aromatic carbocycles. The third-order valence-corrected chi connectivity index (χ3v) is 4.37. The molecule has 0 spiro atoms. The summed E-state index contributed by atoms with van der Waals surface area (Å²) in [4.78, 5) is 24.7. The highest BCUT2D eigenvalue weighted by Crippen LogP contribution is 2.41. The Bertz CT molecular complexity index is 730. The number of amides is 1. The lowest BCUT2D eigenvalue weighted by Gasteiger charge is -2.18. The quantitative estimate of drug-likeness (QED) is 0.654. The van der Waals surface area contributed by atoms with Crippen LogP contribution in [0.15, 0.2) is 48.5 Å². The molecular formula is C20H21NO3. The molecule has 1 N–H and O–H groups in total. The smallest absolute Gasteiger partial charge is 0.292 e. The minimum Gasteiger partial charge on any atom is -0.497 e. The maximum absolute atomic E-state index is 12.4. The van der Waals surface area contributed by atoms with Crippen LogP contribution in [0.3, 0.4) is 0 Å². The maximum atomic E-state index is 12.4. The number of carbonyl (C=O) groups excluding carboxylic acids is 2. The lowest BCUT2D eigenvalue weighted by atomic mass is 10.0. The Hall–Kier alpha value is -2.62. The first-order chi connectivity index (χ1) is 11.6. The van der Waals surface area contributed by atoms with E-state index in [1.54, 1.807) is 19.2 Å². The molecule has 2 aromatic rings. The van der Waals surface area contributed by atoms with Crippen LogP contribution in [0.5, 0.6) is 5.75 Å². The summed E-state index contributed by atoms with van der Waals surface area (Å²) in [6.45, 7) is 1.95. The zero-order chi connectivity index (χ0) is 17.1. The molecule has 0 bridgehead atoms. The fourth-order valence-corrected chi connectivity index (χ4v) is 2.76. The van der Waals surface area contributed by atoms with Gasteiger partial charge in [0.05, 0.1) is 13.2 Å². The van der Waals surface area contributed by atoms with E-state index in [1.807, 2.05) is 43.3 Å². The van der Waals surface area contributed by atoms with Crippen LogP contribution in [0.25, 0.3) is 0 Å². The molecule has 0 aliphatic heterocycles. The third kappa shape index (κ3) is 3.65. The molecule has 4 heteroatoms. The number of hydrogen-bond donors (Lipinski definition) is 1. The SMILES string of the molecule is COc1ccc(C(NC(=O)C(=O)c2ccc(C)cc2)C2CC2)cc1. The van der Waals surface area contributed by atoms with Crippen LogP contribution in [-0.4, -0.2) is 18.8 Å². The topological polar surface area (TPSA) is 55.4 Å². The Labute approximate surface area is 141 Å². The van der Waals surface area contributed by atoms with Crippen LogP contribution in [0, 0.1) is 12.8 Å². The first-order valence-electron chi connectivity index (χ1n) is 8.14. The van der Waals surface area contributed by atoms with Crippen LogP contribution < -0.4 is 10.1 Å². The van der Waals surface area contributed by atoms with Crippen molar-refractivity contribution in [2.45, 2.75) is 25.8 Å². The Balaban J connectivity index is 1.74. The number of carbonyl (C=O) groups is 2. The van der Waals surface area contributed by atoms with E-state index in [-0.39, 0.29) is 6.04 Å². The fourth-order valence-electron chi connectivity index (χ4n) is 2.76. The molecule has 1 unspecified atom stereocenters. The second-order valence-corrected chi connectivity index (χ2v) is 6.26. The largest absolute Gasteiger partial charge is 0.497 e. The average Bonchev–Trinajstić information content (AvgIpc) is 3.44. The van der Waals surface area contributed by atoms with Gasteiger partial charge in [0.1, 0.15) is 5.75 Å². The Morgan fingerprint density at radius 3 is 2.21 bits per heavy atom. The highest BCUT2D eigenvalue weighted by Gasteiger charge is 2.34. The van der Waals surface area contributed by atoms with E-state index in [1.165, 1.54) is 0 Å². The van der Waals surface area contributed by atoms with Gasteiger partial charge in [-0.15, -0.1) is 0 Å². The summed E-state index contributed by atoms with van der Waals surface area (Å²) in [6, 6.07) is 14.6. The van der Waals surface area contributed by atoms with Crippen molar-refractivity contribution in [3.63, 3.8) is 0 Å². The van der Waals surface area contributed by atoms with Gasteiger partial charge >= 0.3 is 0 Å². The van der Waals surface area contributed by atoms with Crippen molar-refractivity contribution in [2.75, 3.05) is 7.11 Å². The molecule has 124 valence electrons. The summed E-state index contributed by atoms with van der Waals surface area (Å²) in [5.41, 5.74) is 2.48. The highest BCUT2D eigenvalue weighted by molar-refractivity contribution is 6.42. The van der Waals surface area contributed by atoms with Crippen molar-refractivity contribution in [3.05, 3.63) is 65.2 Å². The molecule has 0 aromatic heterocycles. The number of rotatable bonds is 6. The molecule has 1 aliphatic carbocycles. The van der Waals surface area contributed by atoms with Gasteiger partial charge in [-0.3, -0.25) is 9.59 Å². The summed E-state index contributed by atoms with van der Waals surface area (Å²) in [5, 5.41) is 2.92. The monoisotopic (exact) mass is 323 g/mol. The zero-order valence-electron chi connectivity index (χ0n) is 13.9. The molecule has 0 radical (unpaired) electrons. The average molecular weight is 323 g/mol. The van der Waals surface area contributed by atoms with Gasteiger partial charge in [0.2, 0.25) is 5.78 Å². The van der Waals surface area contributed by atoms with Gasteiger partial charge < -0.3 is 10.1 Å². The number of ketones is 1. The van der Waals surface area contributed by atoms with Gasteiger partial charge in [-0.05, 0) is 43.4 Å². The molecule has 1 fully saturated rings. The first-order valence-corrected chi connectivity index (χ1v) is 8.14. The summed E-state index contributed by atoms with van der Waals surface area (Å²) in [7, 11) is 1.62. The molecule has 1 atom stereocenters. The van der Waals surface area contributed by atoms with Crippen LogP contribution in [0.4, 0.5) is 0 Å². The molecule has 0 heterocycles. The first kappa shape index (κ1) is 16.2. The summed E-state index contributed by atoms with van der Waals surface area (Å²) >= 11 is 0.